The first-order chi connectivity index (χ1) is 15.3. The van der Waals surface area contributed by atoms with Crippen molar-refractivity contribution in [1.82, 2.24) is 4.98 Å². The number of aryl methyl sites for hydroxylation is 1. The number of carbonyl (C=O) groups is 3. The van der Waals surface area contributed by atoms with Crippen LogP contribution in [0.1, 0.15) is 29.3 Å². The SMILES string of the molecule is Cc1ccc(-c2csc(N3C[C@@H](C(=O)O[C@@H](C)C(=O)c4ccc(Cl)cc4)CC3=O)n2)cc1. The van der Waals surface area contributed by atoms with Gasteiger partial charge in [0.1, 0.15) is 0 Å². The van der Waals surface area contributed by atoms with E-state index in [4.69, 9.17) is 16.3 Å². The van der Waals surface area contributed by atoms with Crippen LogP contribution in [0.25, 0.3) is 11.3 Å². The molecule has 1 aromatic heterocycles. The summed E-state index contributed by atoms with van der Waals surface area (Å²) >= 11 is 7.21. The second kappa shape index (κ2) is 9.22. The molecule has 1 aliphatic rings. The van der Waals surface area contributed by atoms with Crippen molar-refractivity contribution in [2.24, 2.45) is 5.92 Å². The molecule has 1 fully saturated rings. The molecule has 1 aliphatic heterocycles. The second-order valence-corrected chi connectivity index (χ2v) is 9.01. The van der Waals surface area contributed by atoms with Crippen molar-refractivity contribution in [2.75, 3.05) is 11.4 Å². The Morgan fingerprint density at radius 1 is 1.16 bits per heavy atom. The molecule has 0 spiro atoms. The fourth-order valence-corrected chi connectivity index (χ4v) is 4.45. The van der Waals surface area contributed by atoms with Gasteiger partial charge in [-0.2, -0.15) is 0 Å². The lowest BCUT2D eigenvalue weighted by Crippen LogP contribution is -2.30. The van der Waals surface area contributed by atoms with Gasteiger partial charge in [0.05, 0.1) is 11.6 Å². The zero-order valence-electron chi connectivity index (χ0n) is 17.6. The standard InChI is InChI=1S/C24H21ClN2O4S/c1-14-3-5-16(6-4-14)20-13-32-24(26-20)27-12-18(11-21(27)28)23(30)31-15(2)22(29)17-7-9-19(25)10-8-17/h3-10,13,15,18H,11-12H2,1-2H3/t15-,18-/m0/s1. The fraction of sp³-hybridized carbons (Fsp3) is 0.250. The minimum Gasteiger partial charge on any atom is -0.454 e. The van der Waals surface area contributed by atoms with Gasteiger partial charge < -0.3 is 4.74 Å². The number of hydrogen-bond acceptors (Lipinski definition) is 6. The number of Topliss-reactive ketones (excluding diaryl/α,β-unsaturated/α-hetero) is 1. The summed E-state index contributed by atoms with van der Waals surface area (Å²) in [7, 11) is 0. The zero-order chi connectivity index (χ0) is 22.8. The van der Waals surface area contributed by atoms with Crippen molar-refractivity contribution in [3.05, 3.63) is 70.1 Å². The van der Waals surface area contributed by atoms with Crippen LogP contribution in [0, 0.1) is 12.8 Å². The Labute approximate surface area is 194 Å². The summed E-state index contributed by atoms with van der Waals surface area (Å²) in [5.41, 5.74) is 3.32. The smallest absolute Gasteiger partial charge is 0.312 e. The lowest BCUT2D eigenvalue weighted by molar-refractivity contribution is -0.151. The van der Waals surface area contributed by atoms with Gasteiger partial charge in [0, 0.05) is 34.5 Å². The van der Waals surface area contributed by atoms with E-state index in [2.05, 4.69) is 4.98 Å². The van der Waals surface area contributed by atoms with Gasteiger partial charge >= 0.3 is 5.97 Å². The Balaban J connectivity index is 1.40. The number of rotatable bonds is 6. The minimum absolute atomic E-state index is 0.0279. The zero-order valence-corrected chi connectivity index (χ0v) is 19.2. The number of ether oxygens (including phenoxy) is 1. The van der Waals surface area contributed by atoms with Gasteiger partial charge in [-0.05, 0) is 38.1 Å². The third-order valence-corrected chi connectivity index (χ3v) is 6.44. The predicted octanol–water partition coefficient (Wildman–Crippen LogP) is 4.94. The predicted molar refractivity (Wildman–Crippen MR) is 124 cm³/mol. The summed E-state index contributed by atoms with van der Waals surface area (Å²) < 4.78 is 5.38. The van der Waals surface area contributed by atoms with Crippen LogP contribution in [0.5, 0.6) is 0 Å². The number of amides is 1. The van der Waals surface area contributed by atoms with Crippen molar-refractivity contribution in [2.45, 2.75) is 26.4 Å². The number of ketones is 1. The average Bonchev–Trinajstić information content (AvgIpc) is 3.41. The summed E-state index contributed by atoms with van der Waals surface area (Å²) in [6.45, 7) is 3.72. The number of thiazole rings is 1. The Morgan fingerprint density at radius 3 is 2.53 bits per heavy atom. The summed E-state index contributed by atoms with van der Waals surface area (Å²) in [6, 6.07) is 14.4. The van der Waals surface area contributed by atoms with Crippen LogP contribution in [0.2, 0.25) is 5.02 Å². The lowest BCUT2D eigenvalue weighted by Gasteiger charge is -2.16. The van der Waals surface area contributed by atoms with Crippen LogP contribution in [0.3, 0.4) is 0 Å². The molecule has 1 saturated heterocycles. The fourth-order valence-electron chi connectivity index (χ4n) is 3.47. The van der Waals surface area contributed by atoms with E-state index >= 15 is 0 Å². The molecule has 6 nitrogen and oxygen atoms in total. The molecule has 2 atom stereocenters. The minimum atomic E-state index is -0.958. The van der Waals surface area contributed by atoms with Gasteiger partial charge in [0.15, 0.2) is 11.2 Å². The number of esters is 1. The third-order valence-electron chi connectivity index (χ3n) is 5.32. The van der Waals surface area contributed by atoms with Crippen LogP contribution in [-0.4, -0.2) is 35.3 Å². The average molecular weight is 469 g/mol. The Hall–Kier alpha value is -3.03. The van der Waals surface area contributed by atoms with Gasteiger partial charge in [-0.15, -0.1) is 11.3 Å². The highest BCUT2D eigenvalue weighted by Gasteiger charge is 2.38. The molecule has 0 N–H and O–H groups in total. The number of nitrogens with zero attached hydrogens (tertiary/aromatic N) is 2. The van der Waals surface area contributed by atoms with E-state index in [-0.39, 0.29) is 24.7 Å². The largest absolute Gasteiger partial charge is 0.454 e. The molecule has 0 saturated carbocycles. The molecule has 0 radical (unpaired) electrons. The molecule has 8 heteroatoms. The second-order valence-electron chi connectivity index (χ2n) is 7.74. The highest BCUT2D eigenvalue weighted by Crippen LogP contribution is 2.32. The molecule has 0 unspecified atom stereocenters. The van der Waals surface area contributed by atoms with Crippen LogP contribution in [0.15, 0.2) is 53.9 Å². The first kappa shape index (κ1) is 22.2. The van der Waals surface area contributed by atoms with E-state index < -0.39 is 18.0 Å². The molecule has 3 aromatic rings. The topological polar surface area (TPSA) is 76.6 Å². The van der Waals surface area contributed by atoms with Crippen molar-refractivity contribution in [3.8, 4) is 11.3 Å². The molecule has 0 bridgehead atoms. The van der Waals surface area contributed by atoms with Crippen LogP contribution >= 0.6 is 22.9 Å². The van der Waals surface area contributed by atoms with E-state index in [1.807, 2.05) is 36.6 Å². The summed E-state index contributed by atoms with van der Waals surface area (Å²) in [5.74, 6) is -1.71. The lowest BCUT2D eigenvalue weighted by atomic mass is 10.1. The number of anilines is 1. The monoisotopic (exact) mass is 468 g/mol. The van der Waals surface area contributed by atoms with Crippen LogP contribution in [0.4, 0.5) is 5.13 Å². The number of hydrogen-bond donors (Lipinski definition) is 0. The van der Waals surface area contributed by atoms with Crippen LogP contribution in [-0.2, 0) is 14.3 Å². The highest BCUT2D eigenvalue weighted by atomic mass is 35.5. The summed E-state index contributed by atoms with van der Waals surface area (Å²) in [6.07, 6.45) is -0.930. The van der Waals surface area contributed by atoms with E-state index in [1.165, 1.54) is 23.2 Å². The van der Waals surface area contributed by atoms with E-state index in [1.54, 1.807) is 24.3 Å². The molecule has 164 valence electrons. The van der Waals surface area contributed by atoms with E-state index in [9.17, 15) is 14.4 Å². The maximum atomic E-state index is 12.6. The molecule has 1 amide bonds. The molecule has 2 aromatic carbocycles. The number of halogens is 1. The Kier molecular flexibility index (Phi) is 6.39. The van der Waals surface area contributed by atoms with Crippen LogP contribution < -0.4 is 4.90 Å². The summed E-state index contributed by atoms with van der Waals surface area (Å²) in [5, 5.41) is 2.96. The van der Waals surface area contributed by atoms with Gasteiger partial charge in [-0.1, -0.05) is 41.4 Å². The molecule has 32 heavy (non-hydrogen) atoms. The van der Waals surface area contributed by atoms with Gasteiger partial charge in [-0.25, -0.2) is 4.98 Å². The molecule has 2 heterocycles. The highest BCUT2D eigenvalue weighted by molar-refractivity contribution is 7.14. The number of carbonyl (C=O) groups excluding carboxylic acids is 3. The van der Waals surface area contributed by atoms with Gasteiger partial charge in [0.2, 0.25) is 11.7 Å². The first-order valence-electron chi connectivity index (χ1n) is 10.1. The molecular weight excluding hydrogens is 448 g/mol. The summed E-state index contributed by atoms with van der Waals surface area (Å²) in [4.78, 5) is 43.8. The van der Waals surface area contributed by atoms with Crippen molar-refractivity contribution in [1.29, 1.82) is 0 Å². The van der Waals surface area contributed by atoms with E-state index in [0.29, 0.717) is 15.7 Å². The number of aromatic nitrogens is 1. The maximum Gasteiger partial charge on any atom is 0.312 e. The van der Waals surface area contributed by atoms with Gasteiger partial charge in [-0.3, -0.25) is 19.3 Å². The quantitative estimate of drug-likeness (QED) is 0.378. The van der Waals surface area contributed by atoms with Crippen molar-refractivity contribution < 1.29 is 19.1 Å². The van der Waals surface area contributed by atoms with E-state index in [0.717, 1.165) is 16.8 Å². The first-order valence-corrected chi connectivity index (χ1v) is 11.4. The number of benzene rings is 2. The van der Waals surface area contributed by atoms with Gasteiger partial charge in [0.25, 0.3) is 0 Å². The third kappa shape index (κ3) is 4.74. The molecular formula is C24H21ClN2O4S. The molecule has 4 rings (SSSR count). The van der Waals surface area contributed by atoms with Crippen molar-refractivity contribution in [3.63, 3.8) is 0 Å². The normalized spacial score (nSPS) is 16.8. The Morgan fingerprint density at radius 2 is 1.84 bits per heavy atom. The van der Waals surface area contributed by atoms with Crippen molar-refractivity contribution >= 4 is 45.7 Å². The Bertz CT molecular complexity index is 1160. The maximum absolute atomic E-state index is 12.6. The molecule has 0 aliphatic carbocycles.